The number of carbonyl (C=O) groups is 1. The van der Waals surface area contributed by atoms with Gasteiger partial charge in [0.1, 0.15) is 5.75 Å². The van der Waals surface area contributed by atoms with E-state index in [0.29, 0.717) is 35.6 Å². The maximum absolute atomic E-state index is 12.4. The lowest BCUT2D eigenvalue weighted by Gasteiger charge is -2.28. The molecule has 5 rings (SSSR count). The van der Waals surface area contributed by atoms with E-state index >= 15 is 0 Å². The molecule has 1 fully saturated rings. The second kappa shape index (κ2) is 12.4. The van der Waals surface area contributed by atoms with Gasteiger partial charge in [-0.25, -0.2) is 9.97 Å². The van der Waals surface area contributed by atoms with Gasteiger partial charge in [0.25, 0.3) is 0 Å². The number of ether oxygens (including phenoxy) is 1. The fourth-order valence-corrected chi connectivity index (χ4v) is 4.96. The molecular weight excluding hydrogens is 514 g/mol. The minimum atomic E-state index is -0.282. The number of amides is 1. The quantitative estimate of drug-likeness (QED) is 0.218. The lowest BCUT2D eigenvalue weighted by molar-refractivity contribution is -0.111. The summed E-state index contributed by atoms with van der Waals surface area (Å²) in [6.07, 6.45) is 8.73. The van der Waals surface area contributed by atoms with Gasteiger partial charge in [-0.3, -0.25) is 4.79 Å². The smallest absolute Gasteiger partial charge is 0.247 e. The van der Waals surface area contributed by atoms with E-state index in [1.165, 1.54) is 25.3 Å². The summed E-state index contributed by atoms with van der Waals surface area (Å²) >= 11 is 0. The molecule has 9 nitrogen and oxygen atoms in total. The zero-order chi connectivity index (χ0) is 28.9. The van der Waals surface area contributed by atoms with Crippen LogP contribution in [-0.2, 0) is 11.8 Å². The number of fused-ring (bicyclic) bond motifs is 1. The third-order valence-electron chi connectivity index (χ3n) is 7.61. The molecule has 4 aromatic rings. The van der Waals surface area contributed by atoms with Gasteiger partial charge in [0.05, 0.1) is 29.4 Å². The number of para-hydroxylation sites is 1. The van der Waals surface area contributed by atoms with Crippen molar-refractivity contribution in [2.75, 3.05) is 56.4 Å². The highest BCUT2D eigenvalue weighted by Gasteiger charge is 2.21. The number of likely N-dealkylation sites (N-methyl/N-ethyl adjacent to an activating group) is 2. The van der Waals surface area contributed by atoms with E-state index in [1.807, 2.05) is 58.5 Å². The van der Waals surface area contributed by atoms with Crippen molar-refractivity contribution in [2.24, 2.45) is 13.0 Å². The third-order valence-corrected chi connectivity index (χ3v) is 7.61. The van der Waals surface area contributed by atoms with Crippen molar-refractivity contribution < 1.29 is 9.53 Å². The lowest BCUT2D eigenvalue weighted by Crippen LogP contribution is -2.29. The van der Waals surface area contributed by atoms with Crippen LogP contribution in [0.1, 0.15) is 19.3 Å². The number of aromatic nitrogens is 3. The van der Waals surface area contributed by atoms with Gasteiger partial charge >= 0.3 is 0 Å². The summed E-state index contributed by atoms with van der Waals surface area (Å²) in [7, 11) is 8.14. The number of rotatable bonds is 12. The molecule has 2 N–H and O–H groups in total. The van der Waals surface area contributed by atoms with Crippen LogP contribution in [0.5, 0.6) is 5.75 Å². The molecule has 1 saturated carbocycles. The van der Waals surface area contributed by atoms with Crippen LogP contribution in [0.3, 0.4) is 0 Å². The molecule has 9 heteroatoms. The Kier molecular flexibility index (Phi) is 8.54. The van der Waals surface area contributed by atoms with Crippen molar-refractivity contribution in [1.29, 1.82) is 0 Å². The molecule has 1 aliphatic carbocycles. The third kappa shape index (κ3) is 6.52. The average molecular weight is 554 g/mol. The number of nitrogens with zero attached hydrogens (tertiary/aromatic N) is 5. The van der Waals surface area contributed by atoms with Crippen LogP contribution in [0.4, 0.5) is 23.0 Å². The number of benzene rings is 2. The van der Waals surface area contributed by atoms with Crippen molar-refractivity contribution >= 4 is 39.8 Å². The summed E-state index contributed by atoms with van der Waals surface area (Å²) in [6, 6.07) is 14.1. The predicted molar refractivity (Wildman–Crippen MR) is 167 cm³/mol. The van der Waals surface area contributed by atoms with E-state index in [4.69, 9.17) is 9.72 Å². The van der Waals surface area contributed by atoms with Gasteiger partial charge in [0.2, 0.25) is 11.9 Å². The first kappa shape index (κ1) is 28.2. The van der Waals surface area contributed by atoms with Gasteiger partial charge < -0.3 is 29.7 Å². The molecule has 41 heavy (non-hydrogen) atoms. The average Bonchev–Trinajstić information content (AvgIpc) is 3.28. The lowest BCUT2D eigenvalue weighted by atomic mass is 9.86. The first-order chi connectivity index (χ1) is 19.8. The zero-order valence-electron chi connectivity index (χ0n) is 24.4. The summed E-state index contributed by atoms with van der Waals surface area (Å²) < 4.78 is 8.50. The fourth-order valence-electron chi connectivity index (χ4n) is 4.96. The highest BCUT2D eigenvalue weighted by atomic mass is 16.5. The van der Waals surface area contributed by atoms with Crippen molar-refractivity contribution in [3.8, 4) is 17.0 Å². The largest absolute Gasteiger partial charge is 0.491 e. The first-order valence-corrected chi connectivity index (χ1v) is 14.1. The van der Waals surface area contributed by atoms with Crippen LogP contribution >= 0.6 is 0 Å². The summed E-state index contributed by atoms with van der Waals surface area (Å²) in [5.41, 5.74) is 5.19. The highest BCUT2D eigenvalue weighted by molar-refractivity contribution is 6.02. The van der Waals surface area contributed by atoms with Crippen LogP contribution in [0.2, 0.25) is 0 Å². The normalized spacial score (nSPS) is 13.2. The minimum absolute atomic E-state index is 0.282. The standard InChI is InChI=1S/C32H39N7O2/c1-6-31(40)34-26-18-27(30(41-21-22-10-9-11-22)19-29(26)38(4)17-16-37(2)3)36-32-33-15-14-25(35-32)24-20-39(5)28-13-8-7-12-23(24)28/h6-8,12-15,18-20,22H,1,9-11,16-17,21H2,2-5H3,(H,34,40)(H,33,35,36). The van der Waals surface area contributed by atoms with Gasteiger partial charge in [-0.05, 0) is 57.1 Å². The Balaban J connectivity index is 1.52. The van der Waals surface area contributed by atoms with Gasteiger partial charge in [0, 0.05) is 62.1 Å². The Bertz CT molecular complexity index is 1540. The topological polar surface area (TPSA) is 87.5 Å². The Labute approximate surface area is 241 Å². The van der Waals surface area contributed by atoms with Crippen molar-refractivity contribution in [3.05, 3.63) is 67.5 Å². The van der Waals surface area contributed by atoms with Crippen LogP contribution < -0.4 is 20.3 Å². The van der Waals surface area contributed by atoms with E-state index in [0.717, 1.165) is 40.9 Å². The molecule has 214 valence electrons. The second-order valence-electron chi connectivity index (χ2n) is 11.0. The first-order valence-electron chi connectivity index (χ1n) is 14.1. The summed E-state index contributed by atoms with van der Waals surface area (Å²) in [6.45, 7) is 5.91. The van der Waals surface area contributed by atoms with Crippen molar-refractivity contribution in [3.63, 3.8) is 0 Å². The van der Waals surface area contributed by atoms with E-state index < -0.39 is 0 Å². The fraction of sp³-hybridized carbons (Fsp3) is 0.344. The molecule has 2 aromatic carbocycles. The number of nitrogens with one attached hydrogen (secondary N) is 2. The van der Waals surface area contributed by atoms with E-state index in [1.54, 1.807) is 6.20 Å². The molecule has 0 spiro atoms. The van der Waals surface area contributed by atoms with Gasteiger partial charge in [-0.15, -0.1) is 0 Å². The van der Waals surface area contributed by atoms with Gasteiger partial charge in [0.15, 0.2) is 0 Å². The van der Waals surface area contributed by atoms with Crippen molar-refractivity contribution in [2.45, 2.75) is 19.3 Å². The predicted octanol–water partition coefficient (Wildman–Crippen LogP) is 5.68. The summed E-state index contributed by atoms with van der Waals surface area (Å²) in [5, 5.41) is 7.49. The molecular formula is C32H39N7O2. The molecule has 0 aliphatic heterocycles. The maximum atomic E-state index is 12.4. The summed E-state index contributed by atoms with van der Waals surface area (Å²) in [4.78, 5) is 26.1. The molecule has 2 aromatic heterocycles. The number of hydrogen-bond acceptors (Lipinski definition) is 7. The molecule has 1 amide bonds. The van der Waals surface area contributed by atoms with Gasteiger partial charge in [-0.1, -0.05) is 31.2 Å². The SMILES string of the molecule is C=CC(=O)Nc1cc(Nc2nccc(-c3cn(C)c4ccccc34)n2)c(OCC2CCC2)cc1N(C)CCN(C)C. The zero-order valence-corrected chi connectivity index (χ0v) is 24.4. The molecule has 0 unspecified atom stereocenters. The van der Waals surface area contributed by atoms with Crippen LogP contribution in [-0.4, -0.2) is 66.2 Å². The maximum Gasteiger partial charge on any atom is 0.247 e. The van der Waals surface area contributed by atoms with Crippen LogP contribution in [0, 0.1) is 5.92 Å². The number of anilines is 4. The second-order valence-corrected chi connectivity index (χ2v) is 11.0. The van der Waals surface area contributed by atoms with E-state index in [-0.39, 0.29) is 5.91 Å². The van der Waals surface area contributed by atoms with Crippen LogP contribution in [0.25, 0.3) is 22.2 Å². The Morgan fingerprint density at radius 1 is 1.15 bits per heavy atom. The Morgan fingerprint density at radius 2 is 1.95 bits per heavy atom. The number of carbonyl (C=O) groups excluding carboxylic acids is 1. The minimum Gasteiger partial charge on any atom is -0.491 e. The highest BCUT2D eigenvalue weighted by Crippen LogP contribution is 2.39. The number of hydrogen-bond donors (Lipinski definition) is 2. The van der Waals surface area contributed by atoms with Gasteiger partial charge in [-0.2, -0.15) is 0 Å². The molecule has 2 heterocycles. The molecule has 0 bridgehead atoms. The Hall–Kier alpha value is -4.37. The van der Waals surface area contributed by atoms with Crippen LogP contribution in [0.15, 0.2) is 67.5 Å². The van der Waals surface area contributed by atoms with E-state index in [2.05, 4.69) is 54.9 Å². The molecule has 0 atom stereocenters. The molecule has 0 radical (unpaired) electrons. The number of aryl methyl sites for hydroxylation is 1. The molecule has 1 aliphatic rings. The molecule has 0 saturated heterocycles. The van der Waals surface area contributed by atoms with E-state index in [9.17, 15) is 4.79 Å². The Morgan fingerprint density at radius 3 is 2.68 bits per heavy atom. The summed E-state index contributed by atoms with van der Waals surface area (Å²) in [5.74, 6) is 1.41. The van der Waals surface area contributed by atoms with Crippen molar-refractivity contribution in [1.82, 2.24) is 19.4 Å². The monoisotopic (exact) mass is 553 g/mol.